The summed E-state index contributed by atoms with van der Waals surface area (Å²) in [5.41, 5.74) is 6.40. The molecule has 0 aromatic heterocycles. The Morgan fingerprint density at radius 2 is 1.67 bits per heavy atom. The molecule has 0 saturated carbocycles. The first-order valence-corrected chi connectivity index (χ1v) is 9.83. The number of carbonyl (C=O) groups excluding carboxylic acids is 1. The maximum Gasteiger partial charge on any atom is 0.234 e. The van der Waals surface area contributed by atoms with Crippen molar-refractivity contribution in [2.75, 3.05) is 37.6 Å². The predicted molar refractivity (Wildman–Crippen MR) is 112 cm³/mol. The van der Waals surface area contributed by atoms with E-state index in [4.69, 9.17) is 0 Å². The molecule has 0 spiro atoms. The molecule has 0 radical (unpaired) electrons. The van der Waals surface area contributed by atoms with Gasteiger partial charge in [0.1, 0.15) is 0 Å². The fourth-order valence-electron chi connectivity index (χ4n) is 3.65. The van der Waals surface area contributed by atoms with Gasteiger partial charge >= 0.3 is 0 Å². The van der Waals surface area contributed by atoms with Crippen LogP contribution in [0.4, 0.5) is 5.69 Å². The molecule has 1 atom stereocenters. The Hall–Kier alpha value is -2.33. The van der Waals surface area contributed by atoms with Crippen LogP contribution in [0.3, 0.4) is 0 Å². The SMILES string of the molecule is Cc1ccc([C@@H](C)NC(=O)CN2CCN(c3cccc(C)c3C)CC2)cc1. The van der Waals surface area contributed by atoms with Gasteiger partial charge in [-0.05, 0) is 50.5 Å². The number of hydrogen-bond donors (Lipinski definition) is 1. The monoisotopic (exact) mass is 365 g/mol. The lowest BCUT2D eigenvalue weighted by atomic mass is 10.1. The fraction of sp³-hybridized carbons (Fsp3) is 0.435. The van der Waals surface area contributed by atoms with Crippen molar-refractivity contribution in [1.29, 1.82) is 0 Å². The summed E-state index contributed by atoms with van der Waals surface area (Å²) in [5.74, 6) is 0.100. The number of amides is 1. The molecule has 4 nitrogen and oxygen atoms in total. The van der Waals surface area contributed by atoms with E-state index in [1.165, 1.54) is 22.4 Å². The molecule has 27 heavy (non-hydrogen) atoms. The van der Waals surface area contributed by atoms with Gasteiger partial charge in [0.2, 0.25) is 5.91 Å². The van der Waals surface area contributed by atoms with Crippen LogP contribution in [-0.4, -0.2) is 43.5 Å². The summed E-state index contributed by atoms with van der Waals surface area (Å²) in [6.07, 6.45) is 0. The Morgan fingerprint density at radius 3 is 2.33 bits per heavy atom. The Morgan fingerprint density at radius 1 is 1.00 bits per heavy atom. The highest BCUT2D eigenvalue weighted by molar-refractivity contribution is 5.78. The third-order valence-electron chi connectivity index (χ3n) is 5.61. The zero-order chi connectivity index (χ0) is 19.4. The van der Waals surface area contributed by atoms with Gasteiger partial charge in [-0.25, -0.2) is 0 Å². The molecule has 144 valence electrons. The van der Waals surface area contributed by atoms with Gasteiger partial charge in [-0.3, -0.25) is 9.69 Å². The van der Waals surface area contributed by atoms with Crippen molar-refractivity contribution in [2.24, 2.45) is 0 Å². The van der Waals surface area contributed by atoms with E-state index < -0.39 is 0 Å². The van der Waals surface area contributed by atoms with Gasteiger partial charge < -0.3 is 10.2 Å². The van der Waals surface area contributed by atoms with E-state index in [1.54, 1.807) is 0 Å². The molecule has 0 unspecified atom stereocenters. The summed E-state index contributed by atoms with van der Waals surface area (Å²) in [6.45, 7) is 12.7. The van der Waals surface area contributed by atoms with Gasteiger partial charge in [-0.1, -0.05) is 42.0 Å². The molecular formula is C23H31N3O. The third-order valence-corrected chi connectivity index (χ3v) is 5.61. The molecule has 1 aliphatic rings. The van der Waals surface area contributed by atoms with Crippen LogP contribution >= 0.6 is 0 Å². The van der Waals surface area contributed by atoms with E-state index in [2.05, 4.69) is 78.4 Å². The minimum atomic E-state index is 0.0364. The summed E-state index contributed by atoms with van der Waals surface area (Å²) in [6, 6.07) is 14.9. The van der Waals surface area contributed by atoms with E-state index in [0.29, 0.717) is 6.54 Å². The first-order chi connectivity index (χ1) is 12.9. The van der Waals surface area contributed by atoms with Crippen LogP contribution in [0, 0.1) is 20.8 Å². The largest absolute Gasteiger partial charge is 0.369 e. The Labute approximate surface area is 163 Å². The number of piperazine rings is 1. The minimum absolute atomic E-state index is 0.0364. The summed E-state index contributed by atoms with van der Waals surface area (Å²) in [7, 11) is 0. The van der Waals surface area contributed by atoms with Crippen LogP contribution in [0.15, 0.2) is 42.5 Å². The van der Waals surface area contributed by atoms with Crippen LogP contribution in [0.25, 0.3) is 0 Å². The number of aryl methyl sites for hydroxylation is 2. The van der Waals surface area contributed by atoms with Gasteiger partial charge in [0.15, 0.2) is 0 Å². The summed E-state index contributed by atoms with van der Waals surface area (Å²) < 4.78 is 0. The Kier molecular flexibility index (Phi) is 6.17. The molecule has 2 aromatic carbocycles. The van der Waals surface area contributed by atoms with Crippen LogP contribution in [0.5, 0.6) is 0 Å². The number of anilines is 1. The lowest BCUT2D eigenvalue weighted by molar-refractivity contribution is -0.123. The van der Waals surface area contributed by atoms with E-state index in [1.807, 2.05) is 6.92 Å². The molecule has 1 N–H and O–H groups in total. The van der Waals surface area contributed by atoms with Crippen molar-refractivity contribution in [3.63, 3.8) is 0 Å². The zero-order valence-electron chi connectivity index (χ0n) is 17.0. The van der Waals surface area contributed by atoms with Gasteiger partial charge in [-0.2, -0.15) is 0 Å². The van der Waals surface area contributed by atoms with Crippen LogP contribution < -0.4 is 10.2 Å². The van der Waals surface area contributed by atoms with Crippen molar-refractivity contribution in [3.8, 4) is 0 Å². The van der Waals surface area contributed by atoms with Gasteiger partial charge in [0, 0.05) is 31.9 Å². The number of hydrogen-bond acceptors (Lipinski definition) is 3. The van der Waals surface area contributed by atoms with Crippen molar-refractivity contribution >= 4 is 11.6 Å². The average Bonchev–Trinajstić information content (AvgIpc) is 2.65. The molecule has 1 aliphatic heterocycles. The van der Waals surface area contributed by atoms with Crippen molar-refractivity contribution in [2.45, 2.75) is 33.7 Å². The second-order valence-corrected chi connectivity index (χ2v) is 7.68. The lowest BCUT2D eigenvalue weighted by Crippen LogP contribution is -2.49. The highest BCUT2D eigenvalue weighted by Crippen LogP contribution is 2.23. The van der Waals surface area contributed by atoms with E-state index >= 15 is 0 Å². The van der Waals surface area contributed by atoms with Crippen molar-refractivity contribution in [3.05, 3.63) is 64.7 Å². The molecule has 1 amide bonds. The second-order valence-electron chi connectivity index (χ2n) is 7.68. The van der Waals surface area contributed by atoms with Gasteiger partial charge in [-0.15, -0.1) is 0 Å². The maximum absolute atomic E-state index is 12.4. The van der Waals surface area contributed by atoms with E-state index in [0.717, 1.165) is 31.7 Å². The fourth-order valence-corrected chi connectivity index (χ4v) is 3.65. The van der Waals surface area contributed by atoms with E-state index in [9.17, 15) is 4.79 Å². The van der Waals surface area contributed by atoms with E-state index in [-0.39, 0.29) is 11.9 Å². The molecular weight excluding hydrogens is 334 g/mol. The molecule has 2 aromatic rings. The van der Waals surface area contributed by atoms with Crippen LogP contribution in [0.2, 0.25) is 0 Å². The molecule has 0 bridgehead atoms. The quantitative estimate of drug-likeness (QED) is 0.879. The number of nitrogens with one attached hydrogen (secondary N) is 1. The maximum atomic E-state index is 12.4. The molecule has 1 heterocycles. The van der Waals surface area contributed by atoms with Crippen LogP contribution in [-0.2, 0) is 4.79 Å². The number of benzene rings is 2. The predicted octanol–water partition coefficient (Wildman–Crippen LogP) is 3.61. The average molecular weight is 366 g/mol. The van der Waals surface area contributed by atoms with Crippen molar-refractivity contribution < 1.29 is 4.79 Å². The topological polar surface area (TPSA) is 35.6 Å². The van der Waals surface area contributed by atoms with Crippen LogP contribution in [0.1, 0.15) is 35.2 Å². The first kappa shape index (κ1) is 19.4. The standard InChI is InChI=1S/C23H31N3O/c1-17-8-10-21(11-9-17)20(4)24-23(27)16-25-12-14-26(15-13-25)22-7-5-6-18(2)19(22)3/h5-11,20H,12-16H2,1-4H3,(H,24,27)/t20-/m1/s1. The van der Waals surface area contributed by atoms with Gasteiger partial charge in [0.25, 0.3) is 0 Å². The number of nitrogens with zero attached hydrogens (tertiary/aromatic N) is 2. The summed E-state index contributed by atoms with van der Waals surface area (Å²) in [4.78, 5) is 17.1. The highest BCUT2D eigenvalue weighted by Gasteiger charge is 2.21. The summed E-state index contributed by atoms with van der Waals surface area (Å²) in [5, 5.41) is 3.13. The Balaban J connectivity index is 1.49. The third kappa shape index (κ3) is 4.89. The zero-order valence-corrected chi connectivity index (χ0v) is 17.0. The van der Waals surface area contributed by atoms with Gasteiger partial charge in [0.05, 0.1) is 12.6 Å². The molecule has 4 heteroatoms. The minimum Gasteiger partial charge on any atom is -0.369 e. The Bertz CT molecular complexity index is 777. The lowest BCUT2D eigenvalue weighted by Gasteiger charge is -2.36. The van der Waals surface area contributed by atoms with Crippen molar-refractivity contribution in [1.82, 2.24) is 10.2 Å². The first-order valence-electron chi connectivity index (χ1n) is 9.83. The molecule has 1 fully saturated rings. The number of carbonyl (C=O) groups is 1. The number of rotatable bonds is 5. The highest BCUT2D eigenvalue weighted by atomic mass is 16.2. The normalized spacial score (nSPS) is 16.2. The molecule has 1 saturated heterocycles. The molecule has 3 rings (SSSR count). The summed E-state index contributed by atoms with van der Waals surface area (Å²) >= 11 is 0. The second kappa shape index (κ2) is 8.57. The smallest absolute Gasteiger partial charge is 0.234 e. The molecule has 0 aliphatic carbocycles.